The van der Waals surface area contributed by atoms with E-state index >= 15 is 0 Å². The third kappa shape index (κ3) is 3.84. The number of amides is 1. The molecule has 0 saturated carbocycles. The molecule has 4 rings (SSSR count). The van der Waals surface area contributed by atoms with E-state index in [4.69, 9.17) is 0 Å². The monoisotopic (exact) mass is 403 g/mol. The van der Waals surface area contributed by atoms with E-state index in [2.05, 4.69) is 21.4 Å². The van der Waals surface area contributed by atoms with E-state index in [1.807, 2.05) is 42.5 Å². The van der Waals surface area contributed by atoms with Gasteiger partial charge >= 0.3 is 0 Å². The Bertz CT molecular complexity index is 1190. The van der Waals surface area contributed by atoms with E-state index in [0.29, 0.717) is 28.2 Å². The number of hydrogen-bond donors (Lipinski definition) is 2. The molecule has 0 atom stereocenters. The number of aromatic amines is 1. The third-order valence-corrected chi connectivity index (χ3v) is 5.96. The van der Waals surface area contributed by atoms with Gasteiger partial charge in [-0.1, -0.05) is 24.3 Å². The Balaban J connectivity index is 1.47. The number of fused-ring (bicyclic) bond motifs is 1. The summed E-state index contributed by atoms with van der Waals surface area (Å²) >= 11 is 1.70. The van der Waals surface area contributed by atoms with E-state index in [1.54, 1.807) is 25.2 Å². The van der Waals surface area contributed by atoms with Crippen molar-refractivity contribution < 1.29 is 9.59 Å². The number of carbonyl (C=O) groups excluding carboxylic acids is 2. The second kappa shape index (κ2) is 7.64. The van der Waals surface area contributed by atoms with Crippen molar-refractivity contribution in [3.63, 3.8) is 0 Å². The van der Waals surface area contributed by atoms with Crippen molar-refractivity contribution >= 4 is 38.9 Å². The van der Waals surface area contributed by atoms with Crippen LogP contribution in [0.1, 0.15) is 49.6 Å². The fourth-order valence-electron chi connectivity index (χ4n) is 3.57. The minimum absolute atomic E-state index is 0.0468. The number of carbonyl (C=O) groups is 2. The van der Waals surface area contributed by atoms with Gasteiger partial charge in [0, 0.05) is 23.4 Å². The molecule has 6 heteroatoms. The maximum absolute atomic E-state index is 12.6. The van der Waals surface area contributed by atoms with Gasteiger partial charge in [-0.05, 0) is 56.2 Å². The van der Waals surface area contributed by atoms with Gasteiger partial charge in [0.25, 0.3) is 5.91 Å². The molecule has 0 bridgehead atoms. The molecular formula is C23H21N3O2S. The lowest BCUT2D eigenvalue weighted by Crippen LogP contribution is -2.14. The molecule has 0 spiro atoms. The highest BCUT2D eigenvalue weighted by molar-refractivity contribution is 7.18. The Morgan fingerprint density at radius 3 is 2.45 bits per heavy atom. The van der Waals surface area contributed by atoms with Gasteiger partial charge in [-0.25, -0.2) is 4.98 Å². The molecule has 2 aromatic heterocycles. The molecule has 5 nitrogen and oxygen atoms in total. The maximum Gasteiger partial charge on any atom is 0.272 e. The third-order valence-electron chi connectivity index (χ3n) is 4.92. The van der Waals surface area contributed by atoms with Gasteiger partial charge < -0.3 is 10.3 Å². The van der Waals surface area contributed by atoms with Crippen LogP contribution in [-0.2, 0) is 6.42 Å². The zero-order valence-corrected chi connectivity index (χ0v) is 17.3. The molecular weight excluding hydrogens is 382 g/mol. The van der Waals surface area contributed by atoms with Crippen molar-refractivity contribution in [1.29, 1.82) is 0 Å². The van der Waals surface area contributed by atoms with Crippen molar-refractivity contribution in [2.45, 2.75) is 27.2 Å². The summed E-state index contributed by atoms with van der Waals surface area (Å²) in [7, 11) is 0. The van der Waals surface area contributed by atoms with E-state index in [0.717, 1.165) is 22.5 Å². The fourth-order valence-corrected chi connectivity index (χ4v) is 4.58. The van der Waals surface area contributed by atoms with E-state index in [1.165, 1.54) is 11.6 Å². The van der Waals surface area contributed by atoms with Crippen LogP contribution in [0.3, 0.4) is 0 Å². The van der Waals surface area contributed by atoms with Gasteiger partial charge in [0.2, 0.25) is 0 Å². The molecule has 2 N–H and O–H groups in total. The second-order valence-electron chi connectivity index (χ2n) is 7.08. The summed E-state index contributed by atoms with van der Waals surface area (Å²) in [5, 5.41) is 3.96. The van der Waals surface area contributed by atoms with Crippen LogP contribution in [0.4, 0.5) is 5.69 Å². The molecule has 1 amide bonds. The molecule has 0 radical (unpaired) electrons. The highest BCUT2D eigenvalue weighted by Crippen LogP contribution is 2.24. The smallest absolute Gasteiger partial charge is 0.272 e. The molecule has 0 aliphatic rings. The number of para-hydroxylation sites is 1. The quantitative estimate of drug-likeness (QED) is 0.445. The van der Waals surface area contributed by atoms with Crippen LogP contribution >= 0.6 is 11.3 Å². The topological polar surface area (TPSA) is 74.8 Å². The summed E-state index contributed by atoms with van der Waals surface area (Å²) in [5.74, 6) is -0.300. The van der Waals surface area contributed by atoms with E-state index in [9.17, 15) is 9.59 Å². The number of anilines is 1. The fraction of sp³-hybridized carbons (Fsp3) is 0.174. The number of nitrogens with zero attached hydrogens (tertiary/aromatic N) is 1. The summed E-state index contributed by atoms with van der Waals surface area (Å²) in [4.78, 5) is 32.1. The Hall–Kier alpha value is -3.25. The molecule has 0 saturated heterocycles. The summed E-state index contributed by atoms with van der Waals surface area (Å²) in [6, 6.07) is 15.9. The Morgan fingerprint density at radius 2 is 1.79 bits per heavy atom. The molecule has 2 aromatic carbocycles. The minimum atomic E-state index is -0.253. The van der Waals surface area contributed by atoms with Crippen molar-refractivity contribution in [3.8, 4) is 0 Å². The first-order valence-corrected chi connectivity index (χ1v) is 10.2. The lowest BCUT2D eigenvalue weighted by molar-refractivity contribution is 0.101. The number of aryl methyl sites for hydroxylation is 1. The van der Waals surface area contributed by atoms with Crippen LogP contribution in [0.15, 0.2) is 48.5 Å². The van der Waals surface area contributed by atoms with Crippen molar-refractivity contribution in [1.82, 2.24) is 9.97 Å². The lowest BCUT2D eigenvalue weighted by Gasteiger charge is -2.06. The first-order chi connectivity index (χ1) is 13.9. The number of benzene rings is 2. The number of Topliss-reactive ketones (excluding diaryl/α,β-unsaturated/α-hetero) is 1. The SMILES string of the molecule is CC(=O)c1c(C)[nH]c(C(=O)Nc2ccc(Cc3nc4ccccc4s3)cc2)c1C. The zero-order valence-electron chi connectivity index (χ0n) is 16.5. The van der Waals surface area contributed by atoms with Crippen LogP contribution < -0.4 is 5.32 Å². The second-order valence-corrected chi connectivity index (χ2v) is 8.20. The number of rotatable bonds is 5. The van der Waals surface area contributed by atoms with Crippen LogP contribution in [0.25, 0.3) is 10.2 Å². The Morgan fingerprint density at radius 1 is 1.07 bits per heavy atom. The molecule has 0 fully saturated rings. The van der Waals surface area contributed by atoms with Gasteiger partial charge in [0.05, 0.1) is 15.2 Å². The first-order valence-electron chi connectivity index (χ1n) is 9.37. The van der Waals surface area contributed by atoms with Crippen LogP contribution in [0, 0.1) is 13.8 Å². The van der Waals surface area contributed by atoms with Crippen LogP contribution in [0.2, 0.25) is 0 Å². The Kier molecular flexibility index (Phi) is 5.03. The summed E-state index contributed by atoms with van der Waals surface area (Å²) in [6.45, 7) is 5.10. The maximum atomic E-state index is 12.6. The van der Waals surface area contributed by atoms with Crippen molar-refractivity contribution in [3.05, 3.63) is 81.6 Å². The Labute approximate surface area is 172 Å². The predicted octanol–water partition coefficient (Wildman–Crippen LogP) is 5.29. The molecule has 0 unspecified atom stereocenters. The predicted molar refractivity (Wildman–Crippen MR) is 117 cm³/mol. The molecule has 4 aromatic rings. The molecule has 29 heavy (non-hydrogen) atoms. The summed E-state index contributed by atoms with van der Waals surface area (Å²) < 4.78 is 1.19. The van der Waals surface area contributed by atoms with Crippen molar-refractivity contribution in [2.75, 3.05) is 5.32 Å². The minimum Gasteiger partial charge on any atom is -0.354 e. The average molecular weight is 404 g/mol. The summed E-state index contributed by atoms with van der Waals surface area (Å²) in [6.07, 6.45) is 0.754. The lowest BCUT2D eigenvalue weighted by atomic mass is 10.1. The molecule has 0 aliphatic heterocycles. The first kappa shape index (κ1) is 19.1. The standard InChI is InChI=1S/C23H21N3O2S/c1-13-21(15(3)27)14(2)24-22(13)23(28)25-17-10-8-16(9-11-17)12-20-26-18-6-4-5-7-19(18)29-20/h4-11,24H,12H2,1-3H3,(H,25,28). The zero-order chi connectivity index (χ0) is 20.5. The van der Waals surface area contributed by atoms with Gasteiger partial charge in [0.15, 0.2) is 5.78 Å². The average Bonchev–Trinajstić information content (AvgIpc) is 3.22. The normalized spacial score (nSPS) is 11.0. The largest absolute Gasteiger partial charge is 0.354 e. The number of thiazole rings is 1. The van der Waals surface area contributed by atoms with E-state index < -0.39 is 0 Å². The van der Waals surface area contributed by atoms with Crippen molar-refractivity contribution in [2.24, 2.45) is 0 Å². The number of nitrogens with one attached hydrogen (secondary N) is 2. The van der Waals surface area contributed by atoms with Gasteiger partial charge in [-0.15, -0.1) is 11.3 Å². The molecule has 0 aliphatic carbocycles. The number of ketones is 1. The molecule has 146 valence electrons. The van der Waals surface area contributed by atoms with Crippen LogP contribution in [-0.4, -0.2) is 21.7 Å². The van der Waals surface area contributed by atoms with E-state index in [-0.39, 0.29) is 11.7 Å². The van der Waals surface area contributed by atoms with Crippen LogP contribution in [0.5, 0.6) is 0 Å². The highest BCUT2D eigenvalue weighted by Gasteiger charge is 2.19. The van der Waals surface area contributed by atoms with Gasteiger partial charge in [0.1, 0.15) is 5.69 Å². The number of aromatic nitrogens is 2. The summed E-state index contributed by atoms with van der Waals surface area (Å²) in [5.41, 5.74) is 5.27. The number of hydrogen-bond acceptors (Lipinski definition) is 4. The highest BCUT2D eigenvalue weighted by atomic mass is 32.1. The van der Waals surface area contributed by atoms with Gasteiger partial charge in [-0.3, -0.25) is 9.59 Å². The molecule has 2 heterocycles. The number of H-pyrrole nitrogens is 1. The van der Waals surface area contributed by atoms with Gasteiger partial charge in [-0.2, -0.15) is 0 Å².